The fraction of sp³-hybridized carbons (Fsp3) is 0.667. The zero-order valence-corrected chi connectivity index (χ0v) is 7.75. The first-order valence-electron chi connectivity index (χ1n) is 4.41. The lowest BCUT2D eigenvalue weighted by molar-refractivity contribution is 0.491. The molecule has 1 rings (SSSR count). The minimum Gasteiger partial charge on any atom is -0.348 e. The van der Waals surface area contributed by atoms with Gasteiger partial charge in [-0.1, -0.05) is 13.8 Å². The SMILES string of the molecule is CC(C)C[C@@H](N)Cc1cnc[nH]1. The molecule has 0 fully saturated rings. The normalized spacial score (nSPS) is 13.7. The third kappa shape index (κ3) is 3.05. The van der Waals surface area contributed by atoms with Gasteiger partial charge in [-0.15, -0.1) is 0 Å². The average molecular weight is 167 g/mol. The van der Waals surface area contributed by atoms with Gasteiger partial charge in [0, 0.05) is 24.4 Å². The molecule has 0 unspecified atom stereocenters. The van der Waals surface area contributed by atoms with E-state index in [0.29, 0.717) is 5.92 Å². The summed E-state index contributed by atoms with van der Waals surface area (Å²) in [6.07, 6.45) is 5.49. The molecule has 0 amide bonds. The third-order valence-corrected chi connectivity index (χ3v) is 1.81. The van der Waals surface area contributed by atoms with Gasteiger partial charge in [-0.3, -0.25) is 0 Å². The summed E-state index contributed by atoms with van der Waals surface area (Å²) in [7, 11) is 0. The largest absolute Gasteiger partial charge is 0.348 e. The van der Waals surface area contributed by atoms with Gasteiger partial charge in [0.25, 0.3) is 0 Å². The molecule has 0 bridgehead atoms. The summed E-state index contributed by atoms with van der Waals surface area (Å²) >= 11 is 0. The Hall–Kier alpha value is -0.830. The standard InChI is InChI=1S/C9H17N3/c1-7(2)3-8(10)4-9-5-11-6-12-9/h5-8H,3-4,10H2,1-2H3,(H,11,12)/t8-/m1/s1. The summed E-state index contributed by atoms with van der Waals surface area (Å²) < 4.78 is 0. The Morgan fingerprint density at radius 2 is 2.33 bits per heavy atom. The fourth-order valence-electron chi connectivity index (χ4n) is 1.37. The number of H-pyrrole nitrogens is 1. The van der Waals surface area contributed by atoms with Crippen molar-refractivity contribution < 1.29 is 0 Å². The molecule has 12 heavy (non-hydrogen) atoms. The second kappa shape index (κ2) is 4.26. The maximum Gasteiger partial charge on any atom is 0.0921 e. The van der Waals surface area contributed by atoms with E-state index in [1.54, 1.807) is 6.33 Å². The Morgan fingerprint density at radius 3 is 2.83 bits per heavy atom. The second-order valence-electron chi connectivity index (χ2n) is 3.67. The van der Waals surface area contributed by atoms with Gasteiger partial charge in [-0.25, -0.2) is 4.98 Å². The molecule has 0 saturated heterocycles. The lowest BCUT2D eigenvalue weighted by Crippen LogP contribution is -2.24. The van der Waals surface area contributed by atoms with Gasteiger partial charge in [-0.05, 0) is 12.3 Å². The molecule has 3 N–H and O–H groups in total. The van der Waals surface area contributed by atoms with Gasteiger partial charge in [-0.2, -0.15) is 0 Å². The summed E-state index contributed by atoms with van der Waals surface area (Å²) in [5.41, 5.74) is 7.05. The van der Waals surface area contributed by atoms with Gasteiger partial charge >= 0.3 is 0 Å². The molecule has 1 heterocycles. The van der Waals surface area contributed by atoms with Crippen molar-refractivity contribution >= 4 is 0 Å². The number of rotatable bonds is 4. The van der Waals surface area contributed by atoms with E-state index >= 15 is 0 Å². The highest BCUT2D eigenvalue weighted by Crippen LogP contribution is 2.06. The van der Waals surface area contributed by atoms with Crippen LogP contribution in [0.15, 0.2) is 12.5 Å². The molecule has 68 valence electrons. The van der Waals surface area contributed by atoms with E-state index < -0.39 is 0 Å². The van der Waals surface area contributed by atoms with Crippen LogP contribution in [0, 0.1) is 5.92 Å². The van der Waals surface area contributed by atoms with Crippen LogP contribution in [0.5, 0.6) is 0 Å². The van der Waals surface area contributed by atoms with Crippen LogP contribution in [0.4, 0.5) is 0 Å². The van der Waals surface area contributed by atoms with Gasteiger partial charge in [0.1, 0.15) is 0 Å². The van der Waals surface area contributed by atoms with Crippen LogP contribution in [0.25, 0.3) is 0 Å². The van der Waals surface area contributed by atoms with E-state index in [9.17, 15) is 0 Å². The monoisotopic (exact) mass is 167 g/mol. The fourth-order valence-corrected chi connectivity index (χ4v) is 1.37. The lowest BCUT2D eigenvalue weighted by atomic mass is 10.0. The highest BCUT2D eigenvalue weighted by atomic mass is 14.9. The topological polar surface area (TPSA) is 54.7 Å². The van der Waals surface area contributed by atoms with Crippen molar-refractivity contribution in [3.63, 3.8) is 0 Å². The molecule has 0 spiro atoms. The molecule has 0 radical (unpaired) electrons. The Bertz CT molecular complexity index is 204. The van der Waals surface area contributed by atoms with Gasteiger partial charge in [0.05, 0.1) is 6.33 Å². The first-order valence-corrected chi connectivity index (χ1v) is 4.41. The quantitative estimate of drug-likeness (QED) is 0.710. The summed E-state index contributed by atoms with van der Waals surface area (Å²) in [5, 5.41) is 0. The number of nitrogens with one attached hydrogen (secondary N) is 1. The number of hydrogen-bond donors (Lipinski definition) is 2. The van der Waals surface area contributed by atoms with Crippen molar-refractivity contribution in [2.24, 2.45) is 11.7 Å². The molecule has 0 aliphatic heterocycles. The summed E-state index contributed by atoms with van der Waals surface area (Å²) in [6.45, 7) is 4.37. The second-order valence-corrected chi connectivity index (χ2v) is 3.67. The van der Waals surface area contributed by atoms with Crippen LogP contribution in [0.3, 0.4) is 0 Å². The lowest BCUT2D eigenvalue weighted by Gasteiger charge is -2.12. The Labute approximate surface area is 73.4 Å². The molecular weight excluding hydrogens is 150 g/mol. The number of aromatic amines is 1. The van der Waals surface area contributed by atoms with Gasteiger partial charge < -0.3 is 10.7 Å². The molecule has 1 aromatic rings. The number of nitrogens with two attached hydrogens (primary N) is 1. The van der Waals surface area contributed by atoms with Crippen LogP contribution in [-0.4, -0.2) is 16.0 Å². The Morgan fingerprint density at radius 1 is 1.58 bits per heavy atom. The maximum atomic E-state index is 5.92. The summed E-state index contributed by atoms with van der Waals surface area (Å²) in [4.78, 5) is 6.99. The van der Waals surface area contributed by atoms with E-state index in [1.165, 1.54) is 0 Å². The van der Waals surface area contributed by atoms with Crippen molar-refractivity contribution in [1.82, 2.24) is 9.97 Å². The van der Waals surface area contributed by atoms with Gasteiger partial charge in [0.2, 0.25) is 0 Å². The zero-order chi connectivity index (χ0) is 8.97. The van der Waals surface area contributed by atoms with Crippen LogP contribution >= 0.6 is 0 Å². The molecule has 0 aromatic carbocycles. The van der Waals surface area contributed by atoms with E-state index in [1.807, 2.05) is 6.20 Å². The van der Waals surface area contributed by atoms with Gasteiger partial charge in [0.15, 0.2) is 0 Å². The Kier molecular flexibility index (Phi) is 3.29. The number of nitrogens with zero attached hydrogens (tertiary/aromatic N) is 1. The minimum absolute atomic E-state index is 0.255. The molecular formula is C9H17N3. The van der Waals surface area contributed by atoms with Crippen LogP contribution in [0.1, 0.15) is 26.0 Å². The summed E-state index contributed by atoms with van der Waals surface area (Å²) in [6, 6.07) is 0.255. The third-order valence-electron chi connectivity index (χ3n) is 1.81. The highest BCUT2D eigenvalue weighted by Gasteiger charge is 2.06. The van der Waals surface area contributed by atoms with Crippen LogP contribution in [0.2, 0.25) is 0 Å². The number of imidazole rings is 1. The molecule has 3 nitrogen and oxygen atoms in total. The molecule has 3 heteroatoms. The van der Waals surface area contributed by atoms with E-state index in [4.69, 9.17) is 5.73 Å². The minimum atomic E-state index is 0.255. The number of hydrogen-bond acceptors (Lipinski definition) is 2. The van der Waals surface area contributed by atoms with Crippen LogP contribution in [-0.2, 0) is 6.42 Å². The van der Waals surface area contributed by atoms with E-state index in [-0.39, 0.29) is 6.04 Å². The van der Waals surface area contributed by atoms with E-state index in [2.05, 4.69) is 23.8 Å². The summed E-state index contributed by atoms with van der Waals surface area (Å²) in [5.74, 6) is 0.669. The van der Waals surface area contributed by atoms with Crippen molar-refractivity contribution in [3.8, 4) is 0 Å². The molecule has 0 aliphatic rings. The average Bonchev–Trinajstić information content (AvgIpc) is 2.37. The van der Waals surface area contributed by atoms with Crippen molar-refractivity contribution in [3.05, 3.63) is 18.2 Å². The number of aromatic nitrogens is 2. The molecule has 0 aliphatic carbocycles. The van der Waals surface area contributed by atoms with Crippen molar-refractivity contribution in [1.29, 1.82) is 0 Å². The van der Waals surface area contributed by atoms with Crippen LogP contribution < -0.4 is 5.73 Å². The zero-order valence-electron chi connectivity index (χ0n) is 7.75. The smallest absolute Gasteiger partial charge is 0.0921 e. The first-order chi connectivity index (χ1) is 5.68. The van der Waals surface area contributed by atoms with Crippen molar-refractivity contribution in [2.45, 2.75) is 32.7 Å². The maximum absolute atomic E-state index is 5.92. The molecule has 1 atom stereocenters. The predicted octanol–water partition coefficient (Wildman–Crippen LogP) is 1.33. The Balaban J connectivity index is 2.32. The highest BCUT2D eigenvalue weighted by molar-refractivity contribution is 4.96. The van der Waals surface area contributed by atoms with Crippen molar-refractivity contribution in [2.75, 3.05) is 0 Å². The molecule has 0 saturated carbocycles. The molecule has 1 aromatic heterocycles. The van der Waals surface area contributed by atoms with E-state index in [0.717, 1.165) is 18.5 Å². The first kappa shape index (κ1) is 9.26. The predicted molar refractivity (Wildman–Crippen MR) is 49.7 cm³/mol.